The zero-order chi connectivity index (χ0) is 20.1. The number of benzene rings is 1. The molecule has 0 bridgehead atoms. The maximum Gasteiger partial charge on any atom is 0.410 e. The minimum Gasteiger partial charge on any atom is -0.444 e. The number of carbonyl (C=O) groups is 1. The summed E-state index contributed by atoms with van der Waals surface area (Å²) in [5, 5.41) is 6.71. The second-order valence-corrected chi connectivity index (χ2v) is 8.20. The molecule has 1 saturated heterocycles. The summed E-state index contributed by atoms with van der Waals surface area (Å²) in [6.07, 6.45) is 4.12. The van der Waals surface area contributed by atoms with Crippen molar-refractivity contribution in [1.29, 1.82) is 0 Å². The predicted molar refractivity (Wildman–Crippen MR) is 113 cm³/mol. The molecule has 2 aliphatic rings. The third-order valence-corrected chi connectivity index (χ3v) is 4.65. The number of aliphatic imine (C=N–C) groups is 1. The lowest BCUT2D eigenvalue weighted by Gasteiger charge is -2.40. The van der Waals surface area contributed by atoms with E-state index in [2.05, 4.69) is 56.9 Å². The number of rotatable bonds is 4. The lowest BCUT2D eigenvalue weighted by Crippen LogP contribution is -2.63. The number of guanidine groups is 1. The first-order valence-electron chi connectivity index (χ1n) is 9.78. The molecule has 2 N–H and O–H groups in total. The van der Waals surface area contributed by atoms with E-state index in [0.717, 1.165) is 19.0 Å². The molecule has 1 aromatic rings. The molecule has 0 aromatic heterocycles. The Morgan fingerprint density at radius 2 is 1.96 bits per heavy atom. The van der Waals surface area contributed by atoms with Crippen LogP contribution in [-0.2, 0) is 11.3 Å². The van der Waals surface area contributed by atoms with Crippen LogP contribution in [0.2, 0.25) is 0 Å². The van der Waals surface area contributed by atoms with Crippen LogP contribution >= 0.6 is 0 Å². The summed E-state index contributed by atoms with van der Waals surface area (Å²) in [5.74, 6) is 0.738. The lowest BCUT2D eigenvalue weighted by molar-refractivity contribution is 0.00701. The van der Waals surface area contributed by atoms with Crippen molar-refractivity contribution in [2.75, 3.05) is 38.1 Å². The molecule has 0 spiro atoms. The maximum atomic E-state index is 12.0. The molecule has 0 saturated carbocycles. The quantitative estimate of drug-likeness (QED) is 0.473. The van der Waals surface area contributed by atoms with E-state index in [1.807, 2.05) is 20.8 Å². The molecule has 2 heterocycles. The van der Waals surface area contributed by atoms with Gasteiger partial charge in [-0.15, -0.1) is 0 Å². The monoisotopic (exact) mass is 385 g/mol. The van der Waals surface area contributed by atoms with Crippen molar-refractivity contribution in [2.45, 2.75) is 39.0 Å². The molecule has 3 rings (SSSR count). The molecule has 2 aliphatic heterocycles. The van der Waals surface area contributed by atoms with E-state index < -0.39 is 5.60 Å². The summed E-state index contributed by atoms with van der Waals surface area (Å²) in [6.45, 7) is 9.49. The summed E-state index contributed by atoms with van der Waals surface area (Å²) < 4.78 is 5.38. The van der Waals surface area contributed by atoms with Gasteiger partial charge in [-0.2, -0.15) is 0 Å². The van der Waals surface area contributed by atoms with E-state index in [1.54, 1.807) is 11.9 Å². The fraction of sp³-hybridized carbons (Fsp3) is 0.524. The molecule has 0 aliphatic carbocycles. The molecule has 1 aromatic carbocycles. The molecular weight excluding hydrogens is 354 g/mol. The fourth-order valence-corrected chi connectivity index (χ4v) is 3.17. The Morgan fingerprint density at radius 3 is 2.61 bits per heavy atom. The van der Waals surface area contributed by atoms with Crippen molar-refractivity contribution in [1.82, 2.24) is 15.5 Å². The van der Waals surface area contributed by atoms with E-state index >= 15 is 0 Å². The van der Waals surface area contributed by atoms with Crippen LogP contribution in [0.5, 0.6) is 0 Å². The highest BCUT2D eigenvalue weighted by Crippen LogP contribution is 2.18. The lowest BCUT2D eigenvalue weighted by atomic mass is 10.1. The van der Waals surface area contributed by atoms with Crippen LogP contribution in [0.1, 0.15) is 26.3 Å². The Labute approximate surface area is 167 Å². The molecule has 152 valence electrons. The Hall–Kier alpha value is -2.70. The highest BCUT2D eigenvalue weighted by atomic mass is 16.6. The smallest absolute Gasteiger partial charge is 0.410 e. The van der Waals surface area contributed by atoms with Gasteiger partial charge in [0.05, 0.1) is 6.04 Å². The molecule has 0 radical (unpaired) electrons. The van der Waals surface area contributed by atoms with Gasteiger partial charge in [0.15, 0.2) is 5.96 Å². The van der Waals surface area contributed by atoms with Gasteiger partial charge in [-0.05, 0) is 38.5 Å². The molecule has 0 atom stereocenters. The first kappa shape index (κ1) is 20.0. The summed E-state index contributed by atoms with van der Waals surface area (Å²) >= 11 is 0. The van der Waals surface area contributed by atoms with Gasteiger partial charge in [-0.1, -0.05) is 24.3 Å². The highest BCUT2D eigenvalue weighted by molar-refractivity contribution is 5.80. The average Bonchev–Trinajstić information content (AvgIpc) is 3.13. The van der Waals surface area contributed by atoms with Crippen LogP contribution < -0.4 is 15.5 Å². The van der Waals surface area contributed by atoms with Crippen LogP contribution in [-0.4, -0.2) is 61.8 Å². The summed E-state index contributed by atoms with van der Waals surface area (Å²) in [5.41, 5.74) is 1.97. The van der Waals surface area contributed by atoms with Crippen LogP contribution in [0.25, 0.3) is 0 Å². The molecule has 28 heavy (non-hydrogen) atoms. The Bertz CT molecular complexity index is 739. The number of likely N-dealkylation sites (tertiary alicyclic amines) is 1. The molecular formula is C21H31N5O2. The van der Waals surface area contributed by atoms with Crippen molar-refractivity contribution in [3.05, 3.63) is 42.0 Å². The third-order valence-electron chi connectivity index (χ3n) is 4.65. The molecule has 1 fully saturated rings. The topological polar surface area (TPSA) is 69.2 Å². The van der Waals surface area contributed by atoms with Gasteiger partial charge in [0.2, 0.25) is 0 Å². The van der Waals surface area contributed by atoms with Gasteiger partial charge in [-0.3, -0.25) is 4.99 Å². The van der Waals surface area contributed by atoms with E-state index in [9.17, 15) is 4.79 Å². The van der Waals surface area contributed by atoms with E-state index in [1.165, 1.54) is 11.3 Å². The van der Waals surface area contributed by atoms with Crippen molar-refractivity contribution in [3.63, 3.8) is 0 Å². The number of anilines is 1. The fourth-order valence-electron chi connectivity index (χ4n) is 3.17. The predicted octanol–water partition coefficient (Wildman–Crippen LogP) is 2.35. The van der Waals surface area contributed by atoms with E-state index in [-0.39, 0.29) is 12.1 Å². The first-order chi connectivity index (χ1) is 13.3. The number of hydrogen-bond acceptors (Lipinski definition) is 4. The minimum absolute atomic E-state index is 0.181. The standard InChI is InChI=1S/C21H31N5O2/c1-21(2,3)28-20(27)26-14-17(15-26)24-19(22-4)23-13-16-8-7-9-18(12-16)25-10-5-6-11-25/h5-9,12,17H,10-11,13-15H2,1-4H3,(H2,22,23,24). The summed E-state index contributed by atoms with van der Waals surface area (Å²) in [6, 6.07) is 8.73. The van der Waals surface area contributed by atoms with Gasteiger partial charge in [0.1, 0.15) is 5.60 Å². The number of hydrogen-bond donors (Lipinski definition) is 2. The van der Waals surface area contributed by atoms with Gasteiger partial charge in [0, 0.05) is 45.5 Å². The average molecular weight is 386 g/mol. The van der Waals surface area contributed by atoms with E-state index in [0.29, 0.717) is 19.6 Å². The third kappa shape index (κ3) is 5.41. The number of nitrogens with one attached hydrogen (secondary N) is 2. The largest absolute Gasteiger partial charge is 0.444 e. The van der Waals surface area contributed by atoms with Crippen LogP contribution in [0.3, 0.4) is 0 Å². The van der Waals surface area contributed by atoms with Crippen molar-refractivity contribution < 1.29 is 9.53 Å². The van der Waals surface area contributed by atoms with Crippen LogP contribution in [0.4, 0.5) is 10.5 Å². The van der Waals surface area contributed by atoms with Gasteiger partial charge < -0.3 is 25.2 Å². The molecule has 7 heteroatoms. The summed E-state index contributed by atoms with van der Waals surface area (Å²) in [7, 11) is 1.76. The normalized spacial score (nSPS) is 17.5. The van der Waals surface area contributed by atoms with Crippen LogP contribution in [0.15, 0.2) is 41.4 Å². The zero-order valence-electron chi connectivity index (χ0n) is 17.2. The SMILES string of the molecule is CN=C(NCc1cccc(N2CC=CC2)c1)NC1CN(C(=O)OC(C)(C)C)C1. The van der Waals surface area contributed by atoms with Gasteiger partial charge in [-0.25, -0.2) is 4.79 Å². The molecule has 1 amide bonds. The Kier molecular flexibility index (Phi) is 6.11. The molecule has 0 unspecified atom stereocenters. The van der Waals surface area contributed by atoms with Crippen molar-refractivity contribution in [2.24, 2.45) is 4.99 Å². The number of ether oxygens (including phenoxy) is 1. The minimum atomic E-state index is -0.465. The number of nitrogens with zero attached hydrogens (tertiary/aromatic N) is 3. The number of amides is 1. The van der Waals surface area contributed by atoms with E-state index in [4.69, 9.17) is 4.74 Å². The zero-order valence-corrected chi connectivity index (χ0v) is 17.2. The molecule has 7 nitrogen and oxygen atoms in total. The Balaban J connectivity index is 1.44. The van der Waals surface area contributed by atoms with Gasteiger partial charge >= 0.3 is 6.09 Å². The highest BCUT2D eigenvalue weighted by Gasteiger charge is 2.34. The van der Waals surface area contributed by atoms with Gasteiger partial charge in [0.25, 0.3) is 0 Å². The summed E-state index contributed by atoms with van der Waals surface area (Å²) in [4.78, 5) is 20.3. The second kappa shape index (κ2) is 8.54. The second-order valence-electron chi connectivity index (χ2n) is 8.20. The number of carbonyl (C=O) groups excluding carboxylic acids is 1. The van der Waals surface area contributed by atoms with Crippen molar-refractivity contribution in [3.8, 4) is 0 Å². The maximum absolute atomic E-state index is 12.0. The van der Waals surface area contributed by atoms with Crippen molar-refractivity contribution >= 4 is 17.7 Å². The first-order valence-corrected chi connectivity index (χ1v) is 9.78. The Morgan fingerprint density at radius 1 is 1.25 bits per heavy atom. The van der Waals surface area contributed by atoms with Crippen LogP contribution in [0, 0.1) is 0 Å².